The molecule has 6 nitrogen and oxygen atoms in total. The van der Waals surface area contributed by atoms with Gasteiger partial charge >= 0.3 is 0 Å². The minimum Gasteiger partial charge on any atom is -0.411 e. The number of nitrogens with zero attached hydrogens (tertiary/aromatic N) is 4. The predicted octanol–water partition coefficient (Wildman–Crippen LogP) is 4.83. The average Bonchev–Trinajstić information content (AvgIpc) is 3.44. The Bertz CT molecular complexity index is 1150. The van der Waals surface area contributed by atoms with Crippen molar-refractivity contribution in [3.63, 3.8) is 0 Å². The molecule has 0 fully saturated rings. The summed E-state index contributed by atoms with van der Waals surface area (Å²) in [6, 6.07) is 21.1. The monoisotopic (exact) mass is 418 g/mol. The van der Waals surface area contributed by atoms with Crippen molar-refractivity contribution in [2.24, 2.45) is 0 Å². The highest BCUT2D eigenvalue weighted by molar-refractivity contribution is 7.99. The van der Waals surface area contributed by atoms with E-state index >= 15 is 0 Å². The SMILES string of the molecule is N#C[C@@H](C(=O)CSc1nnc(-c2ccccc2)o1)c1nc(-c2ccccc2)cs1. The Kier molecular flexibility index (Phi) is 5.79. The lowest BCUT2D eigenvalue weighted by molar-refractivity contribution is -0.116. The third-order valence-electron chi connectivity index (χ3n) is 4.05. The van der Waals surface area contributed by atoms with E-state index in [9.17, 15) is 10.1 Å². The molecule has 0 saturated carbocycles. The summed E-state index contributed by atoms with van der Waals surface area (Å²) >= 11 is 2.43. The summed E-state index contributed by atoms with van der Waals surface area (Å²) < 4.78 is 5.59. The van der Waals surface area contributed by atoms with Gasteiger partial charge < -0.3 is 4.42 Å². The molecule has 0 aliphatic carbocycles. The van der Waals surface area contributed by atoms with Gasteiger partial charge in [-0.2, -0.15) is 5.26 Å². The zero-order valence-corrected chi connectivity index (χ0v) is 16.7. The smallest absolute Gasteiger partial charge is 0.277 e. The number of Topliss-reactive ketones (excluding diaryl/α,β-unsaturated/α-hetero) is 1. The molecule has 2 heterocycles. The molecule has 0 N–H and O–H groups in total. The van der Waals surface area contributed by atoms with Crippen molar-refractivity contribution in [1.29, 1.82) is 5.26 Å². The number of carbonyl (C=O) groups is 1. The summed E-state index contributed by atoms with van der Waals surface area (Å²) in [5, 5.41) is 20.1. The van der Waals surface area contributed by atoms with Crippen molar-refractivity contribution in [3.8, 4) is 28.8 Å². The molecule has 1 atom stereocenters. The van der Waals surface area contributed by atoms with Crippen molar-refractivity contribution in [2.45, 2.75) is 11.1 Å². The molecule has 4 aromatic rings. The first-order chi connectivity index (χ1) is 14.2. The fraction of sp³-hybridized carbons (Fsp3) is 0.0952. The molecule has 2 aromatic carbocycles. The molecule has 4 rings (SSSR count). The molecular weight excluding hydrogens is 404 g/mol. The summed E-state index contributed by atoms with van der Waals surface area (Å²) in [6.45, 7) is 0. The second kappa shape index (κ2) is 8.82. The van der Waals surface area contributed by atoms with E-state index in [1.165, 1.54) is 11.3 Å². The van der Waals surface area contributed by atoms with E-state index in [1.54, 1.807) is 0 Å². The summed E-state index contributed by atoms with van der Waals surface area (Å²) in [5.41, 5.74) is 2.52. The van der Waals surface area contributed by atoms with Crippen LogP contribution in [0.4, 0.5) is 0 Å². The van der Waals surface area contributed by atoms with Crippen molar-refractivity contribution in [3.05, 3.63) is 71.1 Å². The number of hydrogen-bond donors (Lipinski definition) is 0. The predicted molar refractivity (Wildman–Crippen MR) is 111 cm³/mol. The van der Waals surface area contributed by atoms with Crippen LogP contribution in [0.25, 0.3) is 22.7 Å². The Morgan fingerprint density at radius 2 is 1.76 bits per heavy atom. The van der Waals surface area contributed by atoms with Crippen LogP contribution >= 0.6 is 23.1 Å². The van der Waals surface area contributed by atoms with Gasteiger partial charge in [0.2, 0.25) is 5.89 Å². The Balaban J connectivity index is 1.42. The van der Waals surface area contributed by atoms with E-state index in [-0.39, 0.29) is 16.8 Å². The Labute approximate surface area is 175 Å². The maximum absolute atomic E-state index is 12.6. The van der Waals surface area contributed by atoms with Gasteiger partial charge in [0, 0.05) is 16.5 Å². The maximum Gasteiger partial charge on any atom is 0.277 e. The van der Waals surface area contributed by atoms with Crippen LogP contribution in [-0.2, 0) is 4.79 Å². The summed E-state index contributed by atoms with van der Waals surface area (Å²) in [4.78, 5) is 17.1. The van der Waals surface area contributed by atoms with Gasteiger partial charge in [0.1, 0.15) is 5.01 Å². The standard InChI is InChI=1S/C21H14N4O2S2/c22-11-16(20-23-17(12-28-20)14-7-3-1-4-8-14)18(26)13-29-21-25-24-19(27-21)15-9-5-2-6-10-15/h1-10,12,16H,13H2/t16-/m0/s1. The summed E-state index contributed by atoms with van der Waals surface area (Å²) in [6.07, 6.45) is 0. The van der Waals surface area contributed by atoms with Crippen molar-refractivity contribution in [1.82, 2.24) is 15.2 Å². The zero-order valence-electron chi connectivity index (χ0n) is 15.1. The van der Waals surface area contributed by atoms with Crippen molar-refractivity contribution >= 4 is 28.9 Å². The lowest BCUT2D eigenvalue weighted by Crippen LogP contribution is -2.13. The van der Waals surface area contributed by atoms with Gasteiger partial charge in [0.15, 0.2) is 11.7 Å². The number of carbonyl (C=O) groups excluding carboxylic acids is 1. The number of thioether (sulfide) groups is 1. The fourth-order valence-electron chi connectivity index (χ4n) is 2.61. The Hall–Kier alpha value is -3.28. The van der Waals surface area contributed by atoms with E-state index in [4.69, 9.17) is 4.42 Å². The highest BCUT2D eigenvalue weighted by Gasteiger charge is 2.24. The van der Waals surface area contributed by atoms with E-state index < -0.39 is 5.92 Å². The van der Waals surface area contributed by atoms with Gasteiger partial charge in [0.25, 0.3) is 5.22 Å². The molecule has 142 valence electrons. The number of rotatable bonds is 7. The highest BCUT2D eigenvalue weighted by Crippen LogP contribution is 2.29. The zero-order chi connectivity index (χ0) is 20.1. The minimum absolute atomic E-state index is 0.0505. The highest BCUT2D eigenvalue weighted by atomic mass is 32.2. The van der Waals surface area contributed by atoms with Crippen LogP contribution in [-0.4, -0.2) is 26.7 Å². The van der Waals surface area contributed by atoms with Gasteiger partial charge in [-0.3, -0.25) is 4.79 Å². The molecule has 8 heteroatoms. The van der Waals surface area contributed by atoms with Crippen LogP contribution in [0.3, 0.4) is 0 Å². The topological polar surface area (TPSA) is 92.7 Å². The molecule has 29 heavy (non-hydrogen) atoms. The number of hydrogen-bond acceptors (Lipinski definition) is 8. The molecule has 0 amide bonds. The maximum atomic E-state index is 12.6. The average molecular weight is 419 g/mol. The quantitative estimate of drug-likeness (QED) is 0.397. The third kappa shape index (κ3) is 4.42. The van der Waals surface area contributed by atoms with Crippen LogP contribution < -0.4 is 0 Å². The first kappa shape index (κ1) is 19.1. The second-order valence-corrected chi connectivity index (χ2v) is 7.81. The van der Waals surface area contributed by atoms with Crippen LogP contribution in [0.2, 0.25) is 0 Å². The van der Waals surface area contributed by atoms with Gasteiger partial charge in [-0.1, -0.05) is 60.3 Å². The van der Waals surface area contributed by atoms with Crippen LogP contribution in [0, 0.1) is 11.3 Å². The molecular formula is C21H14N4O2S2. The normalized spacial score (nSPS) is 11.7. The Morgan fingerprint density at radius 1 is 1.07 bits per heavy atom. The molecule has 0 radical (unpaired) electrons. The number of nitriles is 1. The molecule has 0 aliphatic rings. The van der Waals surface area contributed by atoms with E-state index in [0.29, 0.717) is 10.9 Å². The largest absolute Gasteiger partial charge is 0.411 e. The van der Waals surface area contributed by atoms with Gasteiger partial charge in [0.05, 0.1) is 17.5 Å². The first-order valence-corrected chi connectivity index (χ1v) is 10.6. The minimum atomic E-state index is -0.915. The molecule has 0 bridgehead atoms. The van der Waals surface area contributed by atoms with Crippen LogP contribution in [0.1, 0.15) is 10.9 Å². The lowest BCUT2D eigenvalue weighted by Gasteiger charge is -2.03. The fourth-order valence-corrected chi connectivity index (χ4v) is 4.17. The van der Waals surface area contributed by atoms with Crippen LogP contribution in [0.15, 0.2) is 75.7 Å². The van der Waals surface area contributed by atoms with Gasteiger partial charge in [-0.05, 0) is 12.1 Å². The van der Waals surface area contributed by atoms with Crippen molar-refractivity contribution in [2.75, 3.05) is 5.75 Å². The first-order valence-electron chi connectivity index (χ1n) is 8.69. The number of aromatic nitrogens is 3. The second-order valence-electron chi connectivity index (χ2n) is 5.99. The van der Waals surface area contributed by atoms with Crippen LogP contribution in [0.5, 0.6) is 0 Å². The molecule has 0 unspecified atom stereocenters. The summed E-state index contributed by atoms with van der Waals surface area (Å²) in [7, 11) is 0. The molecule has 0 spiro atoms. The molecule has 0 aliphatic heterocycles. The van der Waals surface area contributed by atoms with Gasteiger partial charge in [-0.25, -0.2) is 4.98 Å². The van der Waals surface area contributed by atoms with Gasteiger partial charge in [-0.15, -0.1) is 21.5 Å². The third-order valence-corrected chi connectivity index (χ3v) is 5.81. The van der Waals surface area contributed by atoms with E-state index in [1.807, 2.05) is 66.0 Å². The van der Waals surface area contributed by atoms with E-state index in [0.717, 1.165) is 28.6 Å². The van der Waals surface area contributed by atoms with Crippen molar-refractivity contribution < 1.29 is 9.21 Å². The lowest BCUT2D eigenvalue weighted by atomic mass is 10.1. The Morgan fingerprint density at radius 3 is 2.45 bits per heavy atom. The molecule has 0 saturated heterocycles. The summed E-state index contributed by atoms with van der Waals surface area (Å²) in [5.74, 6) is -0.716. The number of benzene rings is 2. The molecule has 2 aromatic heterocycles. The number of ketones is 1. The van der Waals surface area contributed by atoms with E-state index in [2.05, 4.69) is 21.3 Å². The number of thiazole rings is 1.